The number of benzene rings is 1. The Morgan fingerprint density at radius 3 is 2.57 bits per heavy atom. The highest BCUT2D eigenvalue weighted by Crippen LogP contribution is 2.46. The van der Waals surface area contributed by atoms with Gasteiger partial charge in [0.2, 0.25) is 0 Å². The molecule has 0 bridgehead atoms. The minimum absolute atomic E-state index is 0.116. The van der Waals surface area contributed by atoms with Crippen molar-refractivity contribution in [1.82, 2.24) is 0 Å². The first-order valence-corrected chi connectivity index (χ1v) is 8.09. The third kappa shape index (κ3) is 2.54. The number of thiophene rings is 1. The highest BCUT2D eigenvalue weighted by molar-refractivity contribution is 7.10. The van der Waals surface area contributed by atoms with Crippen LogP contribution in [0.1, 0.15) is 40.9 Å². The molecule has 1 heterocycles. The Balaban J connectivity index is 2.02. The van der Waals surface area contributed by atoms with Crippen LogP contribution in [-0.4, -0.2) is 19.3 Å². The molecule has 0 saturated carbocycles. The molecule has 1 N–H and O–H groups in total. The first kappa shape index (κ1) is 14.4. The topological polar surface area (TPSA) is 38.7 Å². The SMILES string of the molecule is COc1cccc(OC)c1C(O)C1CCCc2sccc21. The zero-order valence-electron chi connectivity index (χ0n) is 12.3. The molecule has 0 amide bonds. The van der Waals surface area contributed by atoms with Gasteiger partial charge in [-0.3, -0.25) is 0 Å². The molecule has 4 heteroatoms. The van der Waals surface area contributed by atoms with Gasteiger partial charge in [-0.1, -0.05) is 6.07 Å². The van der Waals surface area contributed by atoms with E-state index in [4.69, 9.17) is 9.47 Å². The molecule has 0 spiro atoms. The molecule has 1 aliphatic carbocycles. The molecule has 0 saturated heterocycles. The van der Waals surface area contributed by atoms with Crippen molar-refractivity contribution < 1.29 is 14.6 Å². The highest BCUT2D eigenvalue weighted by Gasteiger charge is 2.32. The number of methoxy groups -OCH3 is 2. The molecule has 2 unspecified atom stereocenters. The zero-order valence-corrected chi connectivity index (χ0v) is 13.2. The maximum Gasteiger partial charge on any atom is 0.128 e. The van der Waals surface area contributed by atoms with Gasteiger partial charge in [-0.15, -0.1) is 11.3 Å². The van der Waals surface area contributed by atoms with Crippen LogP contribution in [-0.2, 0) is 6.42 Å². The van der Waals surface area contributed by atoms with E-state index >= 15 is 0 Å². The quantitative estimate of drug-likeness (QED) is 0.930. The van der Waals surface area contributed by atoms with Crippen LogP contribution >= 0.6 is 11.3 Å². The predicted molar refractivity (Wildman–Crippen MR) is 84.5 cm³/mol. The lowest BCUT2D eigenvalue weighted by molar-refractivity contribution is 0.129. The molecule has 1 aromatic heterocycles. The van der Waals surface area contributed by atoms with E-state index in [1.54, 1.807) is 25.6 Å². The average molecular weight is 304 g/mol. The van der Waals surface area contributed by atoms with E-state index < -0.39 is 6.10 Å². The maximum atomic E-state index is 11.0. The summed E-state index contributed by atoms with van der Waals surface area (Å²) in [6.45, 7) is 0. The lowest BCUT2D eigenvalue weighted by Crippen LogP contribution is -2.17. The zero-order chi connectivity index (χ0) is 14.8. The molecule has 3 nitrogen and oxygen atoms in total. The van der Waals surface area contributed by atoms with Crippen molar-refractivity contribution in [3.8, 4) is 11.5 Å². The van der Waals surface area contributed by atoms with Crippen LogP contribution in [0.5, 0.6) is 11.5 Å². The fourth-order valence-corrected chi connectivity index (χ4v) is 4.22. The normalized spacial score (nSPS) is 18.9. The minimum Gasteiger partial charge on any atom is -0.496 e. The number of hydrogen-bond acceptors (Lipinski definition) is 4. The lowest BCUT2D eigenvalue weighted by Gasteiger charge is -2.29. The molecule has 0 aliphatic heterocycles. The molecule has 0 radical (unpaired) electrons. The Labute approximate surface area is 129 Å². The summed E-state index contributed by atoms with van der Waals surface area (Å²) in [5.74, 6) is 1.48. The van der Waals surface area contributed by atoms with Crippen molar-refractivity contribution in [1.29, 1.82) is 0 Å². The number of fused-ring (bicyclic) bond motifs is 1. The number of hydrogen-bond donors (Lipinski definition) is 1. The predicted octanol–water partition coefficient (Wildman–Crippen LogP) is 3.92. The first-order valence-electron chi connectivity index (χ1n) is 7.21. The smallest absolute Gasteiger partial charge is 0.128 e. The van der Waals surface area contributed by atoms with Crippen LogP contribution in [0, 0.1) is 0 Å². The van der Waals surface area contributed by atoms with Gasteiger partial charge in [0.1, 0.15) is 11.5 Å². The van der Waals surface area contributed by atoms with Gasteiger partial charge in [0.05, 0.1) is 25.9 Å². The minimum atomic E-state index is -0.607. The molecule has 3 rings (SSSR count). The fourth-order valence-electron chi connectivity index (χ4n) is 3.22. The molecule has 2 aromatic rings. The first-order chi connectivity index (χ1) is 10.3. The molecular formula is C17H20O3S. The summed E-state index contributed by atoms with van der Waals surface area (Å²) in [6.07, 6.45) is 2.63. The van der Waals surface area contributed by atoms with Gasteiger partial charge in [0.25, 0.3) is 0 Å². The second-order valence-corrected chi connectivity index (χ2v) is 6.32. The standard InChI is InChI=1S/C17H20O3S/c1-19-13-6-4-7-14(20-2)16(13)17(18)12-5-3-8-15-11(12)9-10-21-15/h4,6-7,9-10,12,17-18H,3,5,8H2,1-2H3. The van der Waals surface area contributed by atoms with Crippen LogP contribution in [0.25, 0.3) is 0 Å². The summed E-state index contributed by atoms with van der Waals surface area (Å²) in [6, 6.07) is 7.77. The Kier molecular flexibility index (Phi) is 4.17. The Bertz CT molecular complexity index is 598. The van der Waals surface area contributed by atoms with Crippen molar-refractivity contribution >= 4 is 11.3 Å². The number of aryl methyl sites for hydroxylation is 1. The van der Waals surface area contributed by atoms with Crippen molar-refractivity contribution in [2.45, 2.75) is 31.3 Å². The molecule has 21 heavy (non-hydrogen) atoms. The van der Waals surface area contributed by atoms with Gasteiger partial charge < -0.3 is 14.6 Å². The second kappa shape index (κ2) is 6.08. The summed E-state index contributed by atoms with van der Waals surface area (Å²) < 4.78 is 10.9. The van der Waals surface area contributed by atoms with Gasteiger partial charge in [-0.05, 0) is 48.4 Å². The number of ether oxygens (including phenoxy) is 2. The van der Waals surface area contributed by atoms with Crippen LogP contribution in [0.4, 0.5) is 0 Å². The van der Waals surface area contributed by atoms with Crippen LogP contribution in [0.2, 0.25) is 0 Å². The number of rotatable bonds is 4. The van der Waals surface area contributed by atoms with Crippen molar-refractivity contribution in [3.05, 3.63) is 45.6 Å². The van der Waals surface area contributed by atoms with E-state index in [9.17, 15) is 5.11 Å². The van der Waals surface area contributed by atoms with Crippen molar-refractivity contribution in [2.24, 2.45) is 0 Å². The van der Waals surface area contributed by atoms with Gasteiger partial charge >= 0.3 is 0 Å². The maximum absolute atomic E-state index is 11.0. The van der Waals surface area contributed by atoms with Gasteiger partial charge in [0, 0.05) is 10.8 Å². The van der Waals surface area contributed by atoms with Crippen LogP contribution in [0.3, 0.4) is 0 Å². The van der Waals surface area contributed by atoms with E-state index in [0.29, 0.717) is 11.5 Å². The largest absolute Gasteiger partial charge is 0.496 e. The van der Waals surface area contributed by atoms with Crippen LogP contribution in [0.15, 0.2) is 29.6 Å². The Morgan fingerprint density at radius 1 is 1.19 bits per heavy atom. The molecule has 1 aromatic carbocycles. The van der Waals surface area contributed by atoms with E-state index in [1.807, 2.05) is 18.2 Å². The molecule has 2 atom stereocenters. The van der Waals surface area contributed by atoms with Gasteiger partial charge in [0.15, 0.2) is 0 Å². The molecular weight excluding hydrogens is 284 g/mol. The van der Waals surface area contributed by atoms with E-state index in [2.05, 4.69) is 11.4 Å². The summed E-state index contributed by atoms with van der Waals surface area (Å²) in [5, 5.41) is 13.1. The van der Waals surface area contributed by atoms with Crippen LogP contribution < -0.4 is 9.47 Å². The Morgan fingerprint density at radius 2 is 1.90 bits per heavy atom. The highest BCUT2D eigenvalue weighted by atomic mass is 32.1. The summed E-state index contributed by atoms with van der Waals surface area (Å²) >= 11 is 1.79. The summed E-state index contributed by atoms with van der Waals surface area (Å²) in [5.41, 5.74) is 2.04. The third-order valence-corrected chi connectivity index (χ3v) is 5.24. The average Bonchev–Trinajstić information content (AvgIpc) is 3.01. The van der Waals surface area contributed by atoms with Gasteiger partial charge in [-0.25, -0.2) is 0 Å². The van der Waals surface area contributed by atoms with E-state index in [1.165, 1.54) is 10.4 Å². The molecule has 1 aliphatic rings. The molecule has 0 fully saturated rings. The third-order valence-electron chi connectivity index (χ3n) is 4.24. The van der Waals surface area contributed by atoms with Crippen molar-refractivity contribution in [3.63, 3.8) is 0 Å². The molecule has 112 valence electrons. The number of aliphatic hydroxyl groups is 1. The van der Waals surface area contributed by atoms with E-state index in [-0.39, 0.29) is 5.92 Å². The fraction of sp³-hybridized carbons (Fsp3) is 0.412. The van der Waals surface area contributed by atoms with E-state index in [0.717, 1.165) is 24.8 Å². The summed E-state index contributed by atoms with van der Waals surface area (Å²) in [4.78, 5) is 1.40. The number of aliphatic hydroxyl groups excluding tert-OH is 1. The lowest BCUT2D eigenvalue weighted by atomic mass is 9.81. The van der Waals surface area contributed by atoms with Gasteiger partial charge in [-0.2, -0.15) is 0 Å². The Hall–Kier alpha value is -1.52. The monoisotopic (exact) mass is 304 g/mol. The summed E-state index contributed by atoms with van der Waals surface area (Å²) in [7, 11) is 3.25. The second-order valence-electron chi connectivity index (χ2n) is 5.32. The van der Waals surface area contributed by atoms with Crippen molar-refractivity contribution in [2.75, 3.05) is 14.2 Å².